The predicted octanol–water partition coefficient (Wildman–Crippen LogP) is 1.35. The Balaban J connectivity index is 1.57. The number of benzene rings is 1. The normalized spacial score (nSPS) is 10.7. The number of hydrogen-bond donors (Lipinski definition) is 1. The molecule has 1 aromatic carbocycles. The number of amides is 1. The SMILES string of the molecule is COC(=O)c1ccc(C(=O)NCCn2ccn3nccc23)cc1. The first-order chi connectivity index (χ1) is 11.2. The van der Waals surface area contributed by atoms with Crippen molar-refractivity contribution in [1.29, 1.82) is 0 Å². The van der Waals surface area contributed by atoms with E-state index in [1.54, 1.807) is 35.0 Å². The van der Waals surface area contributed by atoms with Crippen LogP contribution in [0.15, 0.2) is 48.9 Å². The van der Waals surface area contributed by atoms with Crippen LogP contribution in [-0.2, 0) is 11.3 Å². The number of fused-ring (bicyclic) bond motifs is 1. The summed E-state index contributed by atoms with van der Waals surface area (Å²) in [6.45, 7) is 1.14. The van der Waals surface area contributed by atoms with Crippen molar-refractivity contribution in [3.8, 4) is 0 Å². The summed E-state index contributed by atoms with van der Waals surface area (Å²) < 4.78 is 8.40. The molecule has 3 rings (SSSR count). The molecule has 0 saturated heterocycles. The van der Waals surface area contributed by atoms with Crippen LogP contribution in [-0.4, -0.2) is 39.7 Å². The van der Waals surface area contributed by atoms with E-state index in [0.29, 0.717) is 24.2 Å². The van der Waals surface area contributed by atoms with Crippen LogP contribution in [0.2, 0.25) is 0 Å². The minimum absolute atomic E-state index is 0.182. The summed E-state index contributed by atoms with van der Waals surface area (Å²) in [6, 6.07) is 8.26. The molecular formula is C16H16N4O3. The maximum atomic E-state index is 12.1. The highest BCUT2D eigenvalue weighted by Crippen LogP contribution is 2.06. The lowest BCUT2D eigenvalue weighted by Gasteiger charge is -2.07. The fourth-order valence-electron chi connectivity index (χ4n) is 2.33. The molecule has 7 heteroatoms. The van der Waals surface area contributed by atoms with Crippen molar-refractivity contribution in [2.75, 3.05) is 13.7 Å². The van der Waals surface area contributed by atoms with Gasteiger partial charge in [0.25, 0.3) is 5.91 Å². The fourth-order valence-corrected chi connectivity index (χ4v) is 2.33. The Morgan fingerprint density at radius 1 is 1.13 bits per heavy atom. The third-order valence-corrected chi connectivity index (χ3v) is 3.54. The lowest BCUT2D eigenvalue weighted by molar-refractivity contribution is 0.0600. The summed E-state index contributed by atoms with van der Waals surface area (Å²) in [5, 5.41) is 6.98. The van der Waals surface area contributed by atoms with Crippen LogP contribution in [0.5, 0.6) is 0 Å². The molecule has 0 aliphatic heterocycles. The van der Waals surface area contributed by atoms with Crippen LogP contribution in [0.4, 0.5) is 0 Å². The van der Waals surface area contributed by atoms with Crippen LogP contribution in [0, 0.1) is 0 Å². The number of carbonyl (C=O) groups is 2. The Bertz CT molecular complexity index is 833. The first kappa shape index (κ1) is 14.8. The summed E-state index contributed by atoms with van der Waals surface area (Å²) >= 11 is 0. The largest absolute Gasteiger partial charge is 0.465 e. The smallest absolute Gasteiger partial charge is 0.337 e. The average molecular weight is 312 g/mol. The van der Waals surface area contributed by atoms with Gasteiger partial charge < -0.3 is 14.6 Å². The Hall–Kier alpha value is -3.09. The Morgan fingerprint density at radius 2 is 1.87 bits per heavy atom. The highest BCUT2D eigenvalue weighted by atomic mass is 16.5. The van der Waals surface area contributed by atoms with E-state index >= 15 is 0 Å². The van der Waals surface area contributed by atoms with Gasteiger partial charge in [0, 0.05) is 37.1 Å². The fraction of sp³-hybridized carbons (Fsp3) is 0.188. The zero-order valence-electron chi connectivity index (χ0n) is 12.6. The molecule has 23 heavy (non-hydrogen) atoms. The van der Waals surface area contributed by atoms with Crippen LogP contribution in [0.1, 0.15) is 20.7 Å². The van der Waals surface area contributed by atoms with E-state index in [9.17, 15) is 9.59 Å². The third-order valence-electron chi connectivity index (χ3n) is 3.54. The van der Waals surface area contributed by atoms with Gasteiger partial charge in [0.15, 0.2) is 0 Å². The van der Waals surface area contributed by atoms with Crippen LogP contribution in [0.3, 0.4) is 0 Å². The molecule has 2 aromatic heterocycles. The highest BCUT2D eigenvalue weighted by Gasteiger charge is 2.09. The Morgan fingerprint density at radius 3 is 2.61 bits per heavy atom. The number of aromatic nitrogens is 3. The molecule has 1 amide bonds. The van der Waals surface area contributed by atoms with E-state index in [0.717, 1.165) is 5.65 Å². The van der Waals surface area contributed by atoms with Gasteiger partial charge in [-0.2, -0.15) is 5.10 Å². The number of carbonyl (C=O) groups excluding carboxylic acids is 2. The summed E-state index contributed by atoms with van der Waals surface area (Å²) in [5.41, 5.74) is 1.89. The standard InChI is InChI=1S/C16H16N4O3/c1-23-16(22)13-4-2-12(3-5-13)15(21)17-8-9-19-10-11-20-14(19)6-7-18-20/h2-7,10-11H,8-9H2,1H3,(H,17,21). The second-order valence-electron chi connectivity index (χ2n) is 4.95. The number of ether oxygens (including phenoxy) is 1. The predicted molar refractivity (Wildman–Crippen MR) is 83.3 cm³/mol. The van der Waals surface area contributed by atoms with Crippen LogP contribution < -0.4 is 5.32 Å². The molecule has 1 N–H and O–H groups in total. The number of nitrogens with zero attached hydrogens (tertiary/aromatic N) is 3. The minimum Gasteiger partial charge on any atom is -0.465 e. The molecule has 7 nitrogen and oxygen atoms in total. The molecule has 118 valence electrons. The lowest BCUT2D eigenvalue weighted by Crippen LogP contribution is -2.27. The monoisotopic (exact) mass is 312 g/mol. The average Bonchev–Trinajstić information content (AvgIpc) is 3.19. The molecule has 0 aliphatic rings. The summed E-state index contributed by atoms with van der Waals surface area (Å²) in [4.78, 5) is 23.4. The second kappa shape index (κ2) is 6.35. The molecule has 0 unspecified atom stereocenters. The molecular weight excluding hydrogens is 296 g/mol. The summed E-state index contributed by atoms with van der Waals surface area (Å²) in [7, 11) is 1.32. The number of esters is 1. The number of imidazole rings is 1. The van der Waals surface area contributed by atoms with E-state index in [1.165, 1.54) is 7.11 Å². The first-order valence-electron chi connectivity index (χ1n) is 7.14. The van der Waals surface area contributed by atoms with Gasteiger partial charge in [-0.3, -0.25) is 4.79 Å². The maximum Gasteiger partial charge on any atom is 0.337 e. The van der Waals surface area contributed by atoms with Gasteiger partial charge in [-0.05, 0) is 24.3 Å². The molecule has 3 aromatic rings. The second-order valence-corrected chi connectivity index (χ2v) is 4.95. The Kier molecular flexibility index (Phi) is 4.09. The molecule has 0 fully saturated rings. The van der Waals surface area contributed by atoms with Gasteiger partial charge in [0.05, 0.1) is 18.9 Å². The van der Waals surface area contributed by atoms with Gasteiger partial charge in [-0.25, -0.2) is 9.31 Å². The summed E-state index contributed by atoms with van der Waals surface area (Å²) in [6.07, 6.45) is 5.51. The van der Waals surface area contributed by atoms with Crippen LogP contribution >= 0.6 is 0 Å². The number of methoxy groups -OCH3 is 1. The van der Waals surface area contributed by atoms with Gasteiger partial charge in [0.2, 0.25) is 0 Å². The number of nitrogens with one attached hydrogen (secondary N) is 1. The van der Waals surface area contributed by atoms with E-state index < -0.39 is 5.97 Å². The van der Waals surface area contributed by atoms with E-state index in [2.05, 4.69) is 15.2 Å². The topological polar surface area (TPSA) is 77.6 Å². The molecule has 0 atom stereocenters. The van der Waals surface area contributed by atoms with E-state index in [1.807, 2.05) is 23.0 Å². The van der Waals surface area contributed by atoms with Crippen molar-refractivity contribution in [3.63, 3.8) is 0 Å². The van der Waals surface area contributed by atoms with Gasteiger partial charge in [-0.1, -0.05) is 0 Å². The van der Waals surface area contributed by atoms with Crippen molar-refractivity contribution < 1.29 is 14.3 Å². The zero-order valence-corrected chi connectivity index (χ0v) is 12.6. The van der Waals surface area contributed by atoms with Crippen molar-refractivity contribution in [3.05, 3.63) is 60.0 Å². The maximum absolute atomic E-state index is 12.1. The Labute approximate surface area is 132 Å². The summed E-state index contributed by atoms with van der Waals surface area (Å²) in [5.74, 6) is -0.604. The van der Waals surface area contributed by atoms with Gasteiger partial charge in [-0.15, -0.1) is 0 Å². The van der Waals surface area contributed by atoms with Crippen molar-refractivity contribution in [2.24, 2.45) is 0 Å². The van der Waals surface area contributed by atoms with Crippen molar-refractivity contribution in [1.82, 2.24) is 19.5 Å². The number of hydrogen-bond acceptors (Lipinski definition) is 4. The molecule has 0 bridgehead atoms. The quantitative estimate of drug-likeness (QED) is 0.722. The number of rotatable bonds is 5. The van der Waals surface area contributed by atoms with Crippen molar-refractivity contribution in [2.45, 2.75) is 6.54 Å². The van der Waals surface area contributed by atoms with Crippen molar-refractivity contribution >= 4 is 17.5 Å². The molecule has 0 aliphatic carbocycles. The van der Waals surface area contributed by atoms with Gasteiger partial charge in [0.1, 0.15) is 5.65 Å². The molecule has 0 spiro atoms. The van der Waals surface area contributed by atoms with E-state index in [4.69, 9.17) is 0 Å². The highest BCUT2D eigenvalue weighted by molar-refractivity contribution is 5.96. The molecule has 2 heterocycles. The van der Waals surface area contributed by atoms with Gasteiger partial charge >= 0.3 is 5.97 Å². The first-order valence-corrected chi connectivity index (χ1v) is 7.14. The molecule has 0 saturated carbocycles. The van der Waals surface area contributed by atoms with Crippen LogP contribution in [0.25, 0.3) is 5.65 Å². The van der Waals surface area contributed by atoms with E-state index in [-0.39, 0.29) is 5.91 Å². The lowest BCUT2D eigenvalue weighted by atomic mass is 10.1. The third kappa shape index (κ3) is 3.08. The minimum atomic E-state index is -0.422. The molecule has 0 radical (unpaired) electrons. The zero-order chi connectivity index (χ0) is 16.2.